The number of nitrogens with zero attached hydrogens (tertiary/aromatic N) is 3. The number of hydrogen-bond acceptors (Lipinski definition) is 7. The first-order valence-electron chi connectivity index (χ1n) is 9.55. The molecule has 1 aromatic heterocycles. The highest BCUT2D eigenvalue weighted by Crippen LogP contribution is 2.27. The molecule has 33 heavy (non-hydrogen) atoms. The second kappa shape index (κ2) is 9.68. The molecule has 11 heteroatoms. The molecule has 2 aromatic carbocycles. The molecule has 0 aliphatic carbocycles. The highest BCUT2D eigenvalue weighted by Gasteiger charge is 2.21. The molecule has 1 aliphatic rings. The van der Waals surface area contributed by atoms with Gasteiger partial charge in [0.25, 0.3) is 5.69 Å². The minimum atomic E-state index is -0.769. The van der Waals surface area contributed by atoms with Gasteiger partial charge in [0.2, 0.25) is 0 Å². The van der Waals surface area contributed by atoms with Crippen molar-refractivity contribution in [3.8, 4) is 0 Å². The molecule has 0 saturated heterocycles. The van der Waals surface area contributed by atoms with Crippen LogP contribution in [-0.4, -0.2) is 28.3 Å². The van der Waals surface area contributed by atoms with Gasteiger partial charge in [-0.25, -0.2) is 15.3 Å². The van der Waals surface area contributed by atoms with Crippen molar-refractivity contribution < 1.29 is 14.6 Å². The third-order valence-electron chi connectivity index (χ3n) is 4.56. The Morgan fingerprint density at radius 1 is 1.09 bits per heavy atom. The molecule has 3 aromatic rings. The summed E-state index contributed by atoms with van der Waals surface area (Å²) < 4.78 is 0. The summed E-state index contributed by atoms with van der Waals surface area (Å²) in [4.78, 5) is 36.7. The number of aromatic nitrogens is 1. The van der Waals surface area contributed by atoms with E-state index in [2.05, 4.69) is 20.8 Å². The normalized spacial score (nSPS) is 12.5. The van der Waals surface area contributed by atoms with Crippen LogP contribution in [-0.2, 0) is 4.84 Å². The van der Waals surface area contributed by atoms with Crippen LogP contribution in [0.25, 0.3) is 6.08 Å². The molecule has 0 fully saturated rings. The Labute approximate surface area is 197 Å². The van der Waals surface area contributed by atoms with Crippen molar-refractivity contribution in [2.24, 2.45) is 4.99 Å². The Balaban J connectivity index is 1.60. The zero-order valence-electron chi connectivity index (χ0n) is 16.8. The Bertz CT molecular complexity index is 1310. The average molecular weight is 484 g/mol. The first kappa shape index (κ1) is 22.3. The first-order valence-corrected chi connectivity index (χ1v) is 10.3. The van der Waals surface area contributed by atoms with Gasteiger partial charge in [-0.05, 0) is 30.3 Å². The first-order chi connectivity index (χ1) is 15.9. The minimum absolute atomic E-state index is 0.0785. The number of amides is 1. The third-order valence-corrected chi connectivity index (χ3v) is 5.13. The van der Waals surface area contributed by atoms with Gasteiger partial charge < -0.3 is 4.84 Å². The van der Waals surface area contributed by atoms with Gasteiger partial charge in [-0.3, -0.25) is 20.4 Å². The maximum atomic E-state index is 12.1. The van der Waals surface area contributed by atoms with E-state index in [9.17, 15) is 14.9 Å². The van der Waals surface area contributed by atoms with Gasteiger partial charge in [0.05, 0.1) is 28.6 Å². The SMILES string of the molecule is O=C(Nc1cccc(Cl)c1)ONC1=Cc2ncc([N+](=O)[O-])cc2C(c2ccccc2Cl)=NC1. The lowest BCUT2D eigenvalue weighted by Crippen LogP contribution is -2.24. The van der Waals surface area contributed by atoms with E-state index in [0.717, 1.165) is 6.20 Å². The number of aliphatic imine (C=N–C) groups is 1. The number of anilines is 1. The summed E-state index contributed by atoms with van der Waals surface area (Å²) in [6, 6.07) is 15.0. The van der Waals surface area contributed by atoms with E-state index < -0.39 is 11.0 Å². The number of nitro groups is 1. The number of benzene rings is 2. The molecule has 1 amide bonds. The zero-order valence-corrected chi connectivity index (χ0v) is 18.3. The fraction of sp³-hybridized carbons (Fsp3) is 0.0455. The Kier molecular flexibility index (Phi) is 6.53. The van der Waals surface area contributed by atoms with E-state index >= 15 is 0 Å². The van der Waals surface area contributed by atoms with E-state index in [0.29, 0.717) is 44.0 Å². The number of carbonyl (C=O) groups excluding carboxylic acids is 1. The number of nitrogens with one attached hydrogen (secondary N) is 2. The molecule has 2 heterocycles. The maximum absolute atomic E-state index is 12.1. The highest BCUT2D eigenvalue weighted by molar-refractivity contribution is 6.35. The Morgan fingerprint density at radius 2 is 1.91 bits per heavy atom. The standard InChI is InChI=1S/C22H15Cl2N5O4/c23-13-4-3-5-14(8-13)27-22(30)33-28-15-9-20-18(10-16(12-25-20)29(31)32)21(26-11-15)17-6-1-2-7-19(17)24/h1-10,12,28H,11H2,(H,27,30). The van der Waals surface area contributed by atoms with Crippen LogP contribution in [0.1, 0.15) is 16.8 Å². The van der Waals surface area contributed by atoms with Crippen molar-refractivity contribution in [2.75, 3.05) is 11.9 Å². The molecule has 0 radical (unpaired) electrons. The lowest BCUT2D eigenvalue weighted by atomic mass is 10.0. The second-order valence-electron chi connectivity index (χ2n) is 6.82. The topological polar surface area (TPSA) is 119 Å². The molecular formula is C22H15Cl2N5O4. The van der Waals surface area contributed by atoms with Crippen LogP contribution < -0.4 is 10.8 Å². The van der Waals surface area contributed by atoms with Crippen LogP contribution in [0.2, 0.25) is 10.0 Å². The second-order valence-corrected chi connectivity index (χ2v) is 7.67. The molecule has 0 unspecified atom stereocenters. The van der Waals surface area contributed by atoms with Crippen molar-refractivity contribution in [3.05, 3.63) is 103 Å². The highest BCUT2D eigenvalue weighted by atomic mass is 35.5. The molecule has 0 bridgehead atoms. The number of fused-ring (bicyclic) bond motifs is 1. The van der Waals surface area contributed by atoms with Crippen molar-refractivity contribution in [2.45, 2.75) is 0 Å². The summed E-state index contributed by atoms with van der Waals surface area (Å²) in [5.74, 6) is 0. The smallest absolute Gasteiger partial charge is 0.324 e. The van der Waals surface area contributed by atoms with Crippen molar-refractivity contribution >= 4 is 52.5 Å². The minimum Gasteiger partial charge on any atom is -0.324 e. The van der Waals surface area contributed by atoms with Gasteiger partial charge in [0.1, 0.15) is 6.20 Å². The van der Waals surface area contributed by atoms with Gasteiger partial charge in [-0.15, -0.1) is 0 Å². The van der Waals surface area contributed by atoms with Crippen molar-refractivity contribution in [1.82, 2.24) is 10.5 Å². The largest absolute Gasteiger partial charge is 0.435 e. The van der Waals surface area contributed by atoms with Crippen LogP contribution in [0.3, 0.4) is 0 Å². The van der Waals surface area contributed by atoms with Gasteiger partial charge in [-0.2, -0.15) is 0 Å². The number of carbonyl (C=O) groups is 1. The maximum Gasteiger partial charge on any atom is 0.435 e. The lowest BCUT2D eigenvalue weighted by Gasteiger charge is -2.10. The summed E-state index contributed by atoms with van der Waals surface area (Å²) >= 11 is 12.3. The lowest BCUT2D eigenvalue weighted by molar-refractivity contribution is -0.385. The molecular weight excluding hydrogens is 469 g/mol. The van der Waals surface area contributed by atoms with Gasteiger partial charge in [0.15, 0.2) is 0 Å². The fourth-order valence-electron chi connectivity index (χ4n) is 3.10. The van der Waals surface area contributed by atoms with E-state index in [1.807, 2.05) is 0 Å². The molecule has 9 nitrogen and oxygen atoms in total. The molecule has 1 aliphatic heterocycles. The molecule has 0 spiro atoms. The van der Waals surface area contributed by atoms with E-state index in [1.165, 1.54) is 6.07 Å². The Hall–Kier alpha value is -3.95. The number of hydrogen-bond donors (Lipinski definition) is 2. The fourth-order valence-corrected chi connectivity index (χ4v) is 3.51. The monoisotopic (exact) mass is 483 g/mol. The van der Waals surface area contributed by atoms with Gasteiger partial charge in [0, 0.05) is 32.9 Å². The molecule has 0 atom stereocenters. The number of pyridine rings is 1. The number of hydroxylamine groups is 1. The van der Waals surface area contributed by atoms with Crippen LogP contribution >= 0.6 is 23.2 Å². The van der Waals surface area contributed by atoms with Gasteiger partial charge >= 0.3 is 6.09 Å². The van der Waals surface area contributed by atoms with E-state index in [-0.39, 0.29) is 12.2 Å². The summed E-state index contributed by atoms with van der Waals surface area (Å²) in [5, 5.41) is 14.7. The van der Waals surface area contributed by atoms with Gasteiger partial charge in [-0.1, -0.05) is 47.5 Å². The van der Waals surface area contributed by atoms with Crippen LogP contribution in [0, 0.1) is 10.1 Å². The predicted molar refractivity (Wildman–Crippen MR) is 126 cm³/mol. The molecule has 0 saturated carbocycles. The average Bonchev–Trinajstić information content (AvgIpc) is 2.97. The zero-order chi connectivity index (χ0) is 23.4. The number of halogens is 2. The predicted octanol–water partition coefficient (Wildman–Crippen LogP) is 5.24. The summed E-state index contributed by atoms with van der Waals surface area (Å²) in [6.45, 7) is 0.0785. The summed E-state index contributed by atoms with van der Waals surface area (Å²) in [7, 11) is 0. The van der Waals surface area contributed by atoms with Crippen molar-refractivity contribution in [3.63, 3.8) is 0 Å². The van der Waals surface area contributed by atoms with E-state index in [4.69, 9.17) is 28.0 Å². The Morgan fingerprint density at radius 3 is 2.67 bits per heavy atom. The van der Waals surface area contributed by atoms with Crippen LogP contribution in [0.15, 0.2) is 71.5 Å². The summed E-state index contributed by atoms with van der Waals surface area (Å²) in [6.07, 6.45) is 1.98. The third kappa shape index (κ3) is 5.28. The quantitative estimate of drug-likeness (QED) is 0.378. The van der Waals surface area contributed by atoms with Crippen LogP contribution in [0.4, 0.5) is 16.2 Å². The molecule has 166 valence electrons. The molecule has 4 rings (SSSR count). The van der Waals surface area contributed by atoms with E-state index in [1.54, 1.807) is 54.6 Å². The summed E-state index contributed by atoms with van der Waals surface area (Å²) in [5.41, 5.74) is 5.10. The van der Waals surface area contributed by atoms with Crippen LogP contribution in [0.5, 0.6) is 0 Å². The number of rotatable bonds is 5. The molecule has 2 N–H and O–H groups in total. The van der Waals surface area contributed by atoms with Crippen molar-refractivity contribution in [1.29, 1.82) is 0 Å².